The fraction of sp³-hybridized carbons (Fsp3) is 0.286. The van der Waals surface area contributed by atoms with Gasteiger partial charge in [0, 0.05) is 5.69 Å². The standard InChI is InChI=1S/C21H21N3O3/c22-12-15-8-10-17(11-9-15)23-20(25)13-27-14-21(26)24-19-7-3-5-16-4-1-2-6-18(16)19/h1-2,4,6,8-11,19H,3,5,7,13-14H2,(H,23,25)(H,24,26)/t19-/m1/s1. The van der Waals surface area contributed by atoms with Crippen LogP contribution >= 0.6 is 0 Å². The second-order valence-electron chi connectivity index (χ2n) is 6.44. The molecule has 0 radical (unpaired) electrons. The van der Waals surface area contributed by atoms with Crippen molar-refractivity contribution in [1.82, 2.24) is 5.32 Å². The van der Waals surface area contributed by atoms with Gasteiger partial charge in [0.2, 0.25) is 11.8 Å². The van der Waals surface area contributed by atoms with Crippen LogP contribution in [0.15, 0.2) is 48.5 Å². The summed E-state index contributed by atoms with van der Waals surface area (Å²) >= 11 is 0. The number of amides is 2. The number of nitrogens with zero attached hydrogens (tertiary/aromatic N) is 1. The van der Waals surface area contributed by atoms with Crippen LogP contribution in [0.2, 0.25) is 0 Å². The van der Waals surface area contributed by atoms with Gasteiger partial charge < -0.3 is 15.4 Å². The molecule has 0 fully saturated rings. The van der Waals surface area contributed by atoms with Crippen molar-refractivity contribution in [3.05, 3.63) is 65.2 Å². The Morgan fingerprint density at radius 1 is 1.07 bits per heavy atom. The Morgan fingerprint density at radius 2 is 1.81 bits per heavy atom. The van der Waals surface area contributed by atoms with Gasteiger partial charge in [-0.15, -0.1) is 0 Å². The van der Waals surface area contributed by atoms with E-state index in [9.17, 15) is 9.59 Å². The Hall–Kier alpha value is -3.17. The Bertz CT molecular complexity index is 856. The number of fused-ring (bicyclic) bond motifs is 1. The highest BCUT2D eigenvalue weighted by Gasteiger charge is 2.21. The van der Waals surface area contributed by atoms with E-state index < -0.39 is 0 Å². The summed E-state index contributed by atoms with van der Waals surface area (Å²) in [4.78, 5) is 24.0. The fourth-order valence-electron chi connectivity index (χ4n) is 3.20. The first-order valence-corrected chi connectivity index (χ1v) is 8.90. The summed E-state index contributed by atoms with van der Waals surface area (Å²) in [6.45, 7) is -0.381. The van der Waals surface area contributed by atoms with Crippen molar-refractivity contribution < 1.29 is 14.3 Å². The van der Waals surface area contributed by atoms with Gasteiger partial charge in [-0.25, -0.2) is 0 Å². The average molecular weight is 363 g/mol. The van der Waals surface area contributed by atoms with Crippen molar-refractivity contribution in [2.45, 2.75) is 25.3 Å². The molecule has 0 spiro atoms. The molecule has 138 valence electrons. The van der Waals surface area contributed by atoms with Crippen LogP contribution in [0.3, 0.4) is 0 Å². The minimum Gasteiger partial charge on any atom is -0.362 e. The van der Waals surface area contributed by atoms with Gasteiger partial charge in [-0.2, -0.15) is 5.26 Å². The van der Waals surface area contributed by atoms with Crippen LogP contribution in [-0.4, -0.2) is 25.0 Å². The summed E-state index contributed by atoms with van der Waals surface area (Å²) in [6, 6.07) is 16.7. The molecule has 6 nitrogen and oxygen atoms in total. The molecule has 1 aliphatic rings. The lowest BCUT2D eigenvalue weighted by atomic mass is 9.88. The zero-order chi connectivity index (χ0) is 19.1. The second kappa shape index (κ2) is 8.97. The smallest absolute Gasteiger partial charge is 0.250 e. The number of carbonyl (C=O) groups excluding carboxylic acids is 2. The van der Waals surface area contributed by atoms with E-state index in [1.54, 1.807) is 24.3 Å². The minimum absolute atomic E-state index is 0.00137. The van der Waals surface area contributed by atoms with Gasteiger partial charge in [0.05, 0.1) is 17.7 Å². The van der Waals surface area contributed by atoms with Crippen molar-refractivity contribution in [3.8, 4) is 6.07 Å². The number of nitriles is 1. The number of hydrogen-bond acceptors (Lipinski definition) is 4. The van der Waals surface area contributed by atoms with Crippen molar-refractivity contribution in [3.63, 3.8) is 0 Å². The van der Waals surface area contributed by atoms with E-state index in [-0.39, 0.29) is 31.1 Å². The molecule has 2 N–H and O–H groups in total. The number of aryl methyl sites for hydroxylation is 1. The maximum Gasteiger partial charge on any atom is 0.250 e. The van der Waals surface area contributed by atoms with Crippen molar-refractivity contribution >= 4 is 17.5 Å². The van der Waals surface area contributed by atoms with Crippen molar-refractivity contribution in [2.24, 2.45) is 0 Å². The summed E-state index contributed by atoms with van der Waals surface area (Å²) in [5, 5.41) is 14.4. The van der Waals surface area contributed by atoms with Crippen LogP contribution in [-0.2, 0) is 20.7 Å². The molecule has 2 aromatic rings. The number of anilines is 1. The molecule has 0 bridgehead atoms. The first-order valence-electron chi connectivity index (χ1n) is 8.90. The molecule has 0 aromatic heterocycles. The molecule has 0 heterocycles. The highest BCUT2D eigenvalue weighted by Crippen LogP contribution is 2.29. The Morgan fingerprint density at radius 3 is 2.59 bits per heavy atom. The predicted octanol–water partition coefficient (Wildman–Crippen LogP) is 2.71. The minimum atomic E-state index is -0.351. The fourth-order valence-corrected chi connectivity index (χ4v) is 3.20. The van der Waals surface area contributed by atoms with E-state index in [2.05, 4.69) is 16.7 Å². The Kier molecular flexibility index (Phi) is 6.18. The summed E-state index contributed by atoms with van der Waals surface area (Å²) in [6.07, 6.45) is 2.98. The van der Waals surface area contributed by atoms with Crippen molar-refractivity contribution in [2.75, 3.05) is 18.5 Å². The topological polar surface area (TPSA) is 91.2 Å². The van der Waals surface area contributed by atoms with Gasteiger partial charge in [0.1, 0.15) is 13.2 Å². The van der Waals surface area contributed by atoms with E-state index in [0.717, 1.165) is 24.8 Å². The maximum absolute atomic E-state index is 12.1. The lowest BCUT2D eigenvalue weighted by Gasteiger charge is -2.26. The van der Waals surface area contributed by atoms with E-state index >= 15 is 0 Å². The summed E-state index contributed by atoms with van der Waals surface area (Å²) in [5.41, 5.74) is 3.53. The summed E-state index contributed by atoms with van der Waals surface area (Å²) < 4.78 is 5.23. The number of carbonyl (C=O) groups is 2. The van der Waals surface area contributed by atoms with E-state index in [1.165, 1.54) is 5.56 Å². The highest BCUT2D eigenvalue weighted by atomic mass is 16.5. The number of nitrogens with one attached hydrogen (secondary N) is 2. The summed E-state index contributed by atoms with van der Waals surface area (Å²) in [5.74, 6) is -0.585. The van der Waals surface area contributed by atoms with E-state index in [0.29, 0.717) is 11.3 Å². The molecule has 2 aromatic carbocycles. The lowest BCUT2D eigenvalue weighted by molar-refractivity contribution is -0.129. The van der Waals surface area contributed by atoms with Crippen LogP contribution in [0, 0.1) is 11.3 Å². The average Bonchev–Trinajstić information content (AvgIpc) is 2.69. The molecular formula is C21H21N3O3. The van der Waals surface area contributed by atoms with Crippen LogP contribution in [0.1, 0.15) is 35.6 Å². The van der Waals surface area contributed by atoms with Gasteiger partial charge in [-0.3, -0.25) is 9.59 Å². The molecule has 1 aliphatic carbocycles. The second-order valence-corrected chi connectivity index (χ2v) is 6.44. The SMILES string of the molecule is N#Cc1ccc(NC(=O)COCC(=O)N[C@@H]2CCCc3ccccc32)cc1. The third kappa shape index (κ3) is 5.16. The molecule has 27 heavy (non-hydrogen) atoms. The molecule has 0 saturated carbocycles. The predicted molar refractivity (Wildman–Crippen MR) is 101 cm³/mol. The van der Waals surface area contributed by atoms with Crippen LogP contribution < -0.4 is 10.6 Å². The van der Waals surface area contributed by atoms with Crippen LogP contribution in [0.25, 0.3) is 0 Å². The molecule has 2 amide bonds. The molecule has 0 unspecified atom stereocenters. The Labute approximate surface area is 158 Å². The normalized spacial score (nSPS) is 15.3. The highest BCUT2D eigenvalue weighted by molar-refractivity contribution is 5.91. The maximum atomic E-state index is 12.1. The number of ether oxygens (including phenoxy) is 1. The van der Waals surface area contributed by atoms with Gasteiger partial charge in [-0.05, 0) is 54.7 Å². The quantitative estimate of drug-likeness (QED) is 0.825. The van der Waals surface area contributed by atoms with Gasteiger partial charge >= 0.3 is 0 Å². The van der Waals surface area contributed by atoms with E-state index in [1.807, 2.05) is 24.3 Å². The molecular weight excluding hydrogens is 342 g/mol. The molecule has 0 saturated heterocycles. The number of benzene rings is 2. The first-order chi connectivity index (χ1) is 13.2. The van der Waals surface area contributed by atoms with Crippen LogP contribution in [0.5, 0.6) is 0 Å². The monoisotopic (exact) mass is 363 g/mol. The van der Waals surface area contributed by atoms with Crippen LogP contribution in [0.4, 0.5) is 5.69 Å². The zero-order valence-corrected chi connectivity index (χ0v) is 14.9. The number of hydrogen-bond donors (Lipinski definition) is 2. The largest absolute Gasteiger partial charge is 0.362 e. The zero-order valence-electron chi connectivity index (χ0n) is 14.9. The van der Waals surface area contributed by atoms with Gasteiger partial charge in [-0.1, -0.05) is 24.3 Å². The number of rotatable bonds is 6. The lowest BCUT2D eigenvalue weighted by Crippen LogP contribution is -2.34. The molecule has 0 aliphatic heterocycles. The third-order valence-corrected chi connectivity index (χ3v) is 4.47. The first kappa shape index (κ1) is 18.6. The summed E-state index contributed by atoms with van der Waals surface area (Å²) in [7, 11) is 0. The molecule has 1 atom stereocenters. The molecule has 6 heteroatoms. The molecule has 3 rings (SSSR count). The third-order valence-electron chi connectivity index (χ3n) is 4.47. The van der Waals surface area contributed by atoms with Gasteiger partial charge in [0.15, 0.2) is 0 Å². The Balaban J connectivity index is 1.42. The van der Waals surface area contributed by atoms with E-state index in [4.69, 9.17) is 10.00 Å². The van der Waals surface area contributed by atoms with Crippen molar-refractivity contribution in [1.29, 1.82) is 5.26 Å². The van der Waals surface area contributed by atoms with Gasteiger partial charge in [0.25, 0.3) is 0 Å².